The molecule has 17 heavy (non-hydrogen) atoms. The average Bonchev–Trinajstić information content (AvgIpc) is 2.24. The minimum absolute atomic E-state index is 0.0460. The molecule has 0 unspecified atom stereocenters. The largest absolute Gasteiger partial charge is 0.398 e. The Balaban J connectivity index is 3.26. The van der Waals surface area contributed by atoms with Crippen LogP contribution in [0.3, 0.4) is 0 Å². The normalized spacial score (nSPS) is 11.4. The summed E-state index contributed by atoms with van der Waals surface area (Å²) < 4.78 is 38.2. The molecule has 0 bridgehead atoms. The van der Waals surface area contributed by atoms with Crippen LogP contribution in [0.4, 0.5) is 10.1 Å². The summed E-state index contributed by atoms with van der Waals surface area (Å²) >= 11 is 0. The Labute approximate surface area is 100 Å². The Morgan fingerprint density at radius 3 is 2.65 bits per heavy atom. The molecule has 6 heteroatoms. The Hall–Kier alpha value is -1.58. The van der Waals surface area contributed by atoms with Gasteiger partial charge in [-0.05, 0) is 18.2 Å². The zero-order chi connectivity index (χ0) is 13.1. The van der Waals surface area contributed by atoms with Gasteiger partial charge in [-0.15, -0.1) is 6.42 Å². The number of rotatable bonds is 4. The molecule has 2 N–H and O–H groups in total. The smallest absolute Gasteiger partial charge is 0.245 e. The topological polar surface area (TPSA) is 63.4 Å². The SMILES string of the molecule is C#CCN(CC)S(=O)(=O)c1ccc(F)cc1N. The van der Waals surface area contributed by atoms with Crippen molar-refractivity contribution >= 4 is 15.7 Å². The van der Waals surface area contributed by atoms with E-state index in [1.54, 1.807) is 6.92 Å². The predicted octanol–water partition coefficient (Wildman–Crippen LogP) is 1.05. The fourth-order valence-corrected chi connectivity index (χ4v) is 2.82. The fourth-order valence-electron chi connectivity index (χ4n) is 1.36. The molecular formula is C11H13FN2O2S. The van der Waals surface area contributed by atoms with Crippen molar-refractivity contribution in [2.24, 2.45) is 0 Å². The number of nitrogen functional groups attached to an aromatic ring is 1. The highest BCUT2D eigenvalue weighted by atomic mass is 32.2. The summed E-state index contributed by atoms with van der Waals surface area (Å²) in [7, 11) is -3.76. The standard InChI is InChI=1S/C11H13FN2O2S/c1-3-7-14(4-2)17(15,16)11-6-5-9(12)8-10(11)13/h1,5-6,8H,4,7,13H2,2H3. The number of terminal acetylenes is 1. The highest BCUT2D eigenvalue weighted by Crippen LogP contribution is 2.22. The number of anilines is 1. The van der Waals surface area contributed by atoms with Crippen molar-refractivity contribution < 1.29 is 12.8 Å². The molecule has 0 atom stereocenters. The lowest BCUT2D eigenvalue weighted by Gasteiger charge is -2.18. The monoisotopic (exact) mass is 256 g/mol. The number of hydrogen-bond acceptors (Lipinski definition) is 3. The van der Waals surface area contributed by atoms with Gasteiger partial charge in [-0.25, -0.2) is 12.8 Å². The van der Waals surface area contributed by atoms with E-state index in [4.69, 9.17) is 12.2 Å². The number of nitrogens with zero attached hydrogens (tertiary/aromatic N) is 1. The molecule has 0 aliphatic rings. The Kier molecular flexibility index (Phi) is 4.10. The van der Waals surface area contributed by atoms with Crippen molar-refractivity contribution in [1.82, 2.24) is 4.31 Å². The highest BCUT2D eigenvalue weighted by Gasteiger charge is 2.24. The van der Waals surface area contributed by atoms with E-state index in [9.17, 15) is 12.8 Å². The van der Waals surface area contributed by atoms with Crippen LogP contribution in [0.25, 0.3) is 0 Å². The number of sulfonamides is 1. The molecule has 4 nitrogen and oxygen atoms in total. The third-order valence-electron chi connectivity index (χ3n) is 2.21. The van der Waals surface area contributed by atoms with Crippen molar-refractivity contribution in [3.8, 4) is 12.3 Å². The van der Waals surface area contributed by atoms with Crippen LogP contribution < -0.4 is 5.73 Å². The number of benzene rings is 1. The molecule has 0 amide bonds. The van der Waals surface area contributed by atoms with Gasteiger partial charge in [0.25, 0.3) is 0 Å². The van der Waals surface area contributed by atoms with Crippen LogP contribution >= 0.6 is 0 Å². The van der Waals surface area contributed by atoms with Crippen LogP contribution in [0, 0.1) is 18.2 Å². The first-order chi connectivity index (χ1) is 7.93. The van der Waals surface area contributed by atoms with E-state index in [2.05, 4.69) is 5.92 Å². The van der Waals surface area contributed by atoms with Crippen LogP contribution in [0.1, 0.15) is 6.92 Å². The second-order valence-electron chi connectivity index (χ2n) is 3.32. The second-order valence-corrected chi connectivity index (χ2v) is 5.22. The first kappa shape index (κ1) is 13.5. The van der Waals surface area contributed by atoms with Crippen molar-refractivity contribution in [2.75, 3.05) is 18.8 Å². The zero-order valence-electron chi connectivity index (χ0n) is 9.35. The molecule has 0 fully saturated rings. The van der Waals surface area contributed by atoms with Crippen LogP contribution in [-0.4, -0.2) is 25.8 Å². The second kappa shape index (κ2) is 5.17. The van der Waals surface area contributed by atoms with Gasteiger partial charge in [0, 0.05) is 6.54 Å². The Bertz CT molecular complexity index is 549. The average molecular weight is 256 g/mol. The summed E-state index contributed by atoms with van der Waals surface area (Å²) in [4.78, 5) is -0.129. The molecule has 0 heterocycles. The van der Waals surface area contributed by atoms with Gasteiger partial charge in [0.1, 0.15) is 10.7 Å². The van der Waals surface area contributed by atoms with Crippen LogP contribution in [-0.2, 0) is 10.0 Å². The summed E-state index contributed by atoms with van der Waals surface area (Å²) in [5.41, 5.74) is 5.37. The van der Waals surface area contributed by atoms with E-state index in [1.807, 2.05) is 0 Å². The van der Waals surface area contributed by atoms with E-state index >= 15 is 0 Å². The van der Waals surface area contributed by atoms with Crippen LogP contribution in [0.5, 0.6) is 0 Å². The molecule has 0 saturated carbocycles. The highest BCUT2D eigenvalue weighted by molar-refractivity contribution is 7.89. The van der Waals surface area contributed by atoms with E-state index in [0.717, 1.165) is 22.5 Å². The van der Waals surface area contributed by atoms with E-state index in [-0.39, 0.29) is 23.7 Å². The molecule has 0 aliphatic heterocycles. The lowest BCUT2D eigenvalue weighted by atomic mass is 10.3. The summed E-state index contributed by atoms with van der Waals surface area (Å²) in [5, 5.41) is 0. The van der Waals surface area contributed by atoms with Crippen molar-refractivity contribution in [3.05, 3.63) is 24.0 Å². The molecule has 1 aromatic carbocycles. The first-order valence-corrected chi connectivity index (χ1v) is 6.36. The van der Waals surface area contributed by atoms with Gasteiger partial charge < -0.3 is 5.73 Å². The molecule has 0 aromatic heterocycles. The first-order valence-electron chi connectivity index (χ1n) is 4.92. The summed E-state index contributed by atoms with van der Waals surface area (Å²) in [6, 6.07) is 3.16. The summed E-state index contributed by atoms with van der Waals surface area (Å²) in [5.74, 6) is 1.68. The van der Waals surface area contributed by atoms with Gasteiger partial charge in [0.15, 0.2) is 0 Å². The number of halogens is 1. The van der Waals surface area contributed by atoms with Crippen LogP contribution in [0.2, 0.25) is 0 Å². The maximum atomic E-state index is 12.8. The van der Waals surface area contributed by atoms with Gasteiger partial charge in [-0.2, -0.15) is 4.31 Å². The molecule has 1 aromatic rings. The molecule has 0 spiro atoms. The Morgan fingerprint density at radius 1 is 1.53 bits per heavy atom. The lowest BCUT2D eigenvalue weighted by molar-refractivity contribution is 0.464. The predicted molar refractivity (Wildman–Crippen MR) is 64.1 cm³/mol. The Morgan fingerprint density at radius 2 is 2.18 bits per heavy atom. The van der Waals surface area contributed by atoms with Gasteiger partial charge in [-0.3, -0.25) is 0 Å². The van der Waals surface area contributed by atoms with E-state index in [1.165, 1.54) is 0 Å². The minimum Gasteiger partial charge on any atom is -0.398 e. The molecule has 0 saturated heterocycles. The summed E-state index contributed by atoms with van der Waals surface area (Å²) in [6.45, 7) is 1.84. The van der Waals surface area contributed by atoms with Crippen LogP contribution in [0.15, 0.2) is 23.1 Å². The fraction of sp³-hybridized carbons (Fsp3) is 0.273. The van der Waals surface area contributed by atoms with Crippen molar-refractivity contribution in [1.29, 1.82) is 0 Å². The van der Waals surface area contributed by atoms with Gasteiger partial charge >= 0.3 is 0 Å². The van der Waals surface area contributed by atoms with E-state index < -0.39 is 15.8 Å². The minimum atomic E-state index is -3.76. The quantitative estimate of drug-likeness (QED) is 0.647. The summed E-state index contributed by atoms with van der Waals surface area (Å²) in [6.07, 6.45) is 5.09. The molecule has 92 valence electrons. The number of hydrogen-bond donors (Lipinski definition) is 1. The molecule has 1 rings (SSSR count). The third kappa shape index (κ3) is 2.75. The molecule has 0 aliphatic carbocycles. The molecular weight excluding hydrogens is 243 g/mol. The zero-order valence-corrected chi connectivity index (χ0v) is 10.2. The maximum absolute atomic E-state index is 12.8. The maximum Gasteiger partial charge on any atom is 0.245 e. The lowest BCUT2D eigenvalue weighted by Crippen LogP contribution is -2.31. The van der Waals surface area contributed by atoms with E-state index in [0.29, 0.717) is 0 Å². The third-order valence-corrected chi connectivity index (χ3v) is 4.20. The van der Waals surface area contributed by atoms with Gasteiger partial charge in [0.2, 0.25) is 10.0 Å². The van der Waals surface area contributed by atoms with Crippen molar-refractivity contribution in [2.45, 2.75) is 11.8 Å². The van der Waals surface area contributed by atoms with Crippen molar-refractivity contribution in [3.63, 3.8) is 0 Å². The molecule has 0 radical (unpaired) electrons. The van der Waals surface area contributed by atoms with Gasteiger partial charge in [-0.1, -0.05) is 12.8 Å². The number of nitrogens with two attached hydrogens (primary N) is 1. The van der Waals surface area contributed by atoms with Gasteiger partial charge in [0.05, 0.1) is 12.2 Å².